The van der Waals surface area contributed by atoms with Crippen LogP contribution in [0.4, 0.5) is 17.6 Å². The second-order valence-electron chi connectivity index (χ2n) is 11.6. The van der Waals surface area contributed by atoms with Gasteiger partial charge in [-0.15, -0.1) is 0 Å². The van der Waals surface area contributed by atoms with Gasteiger partial charge in [-0.3, -0.25) is 0 Å². The average molecular weight is 619 g/mol. The molecule has 0 radical (unpaired) electrons. The molecule has 0 spiro atoms. The van der Waals surface area contributed by atoms with E-state index in [2.05, 4.69) is 0 Å². The van der Waals surface area contributed by atoms with Crippen molar-refractivity contribution in [1.82, 2.24) is 9.13 Å². The summed E-state index contributed by atoms with van der Waals surface area (Å²) in [7, 11) is 0. The second-order valence-corrected chi connectivity index (χ2v) is 17.5. The SMILES string of the molecule is Cc1ccc(C)n1Cc1ccc(F)[c]([Ti]([C]2=CC=CC2)([C]2=CC=CC2)[c]2c(F)ccc(Cn3c(C)ccc3C)c2F)c1F. The van der Waals surface area contributed by atoms with Gasteiger partial charge >= 0.3 is 255 Å². The molecule has 2 aliphatic carbocycles. The van der Waals surface area contributed by atoms with E-state index in [4.69, 9.17) is 0 Å². The Morgan fingerprint density at radius 1 is 0.558 bits per heavy atom. The number of hydrogen-bond donors (Lipinski definition) is 0. The molecule has 43 heavy (non-hydrogen) atoms. The Balaban J connectivity index is 1.65. The minimum atomic E-state index is -4.89. The van der Waals surface area contributed by atoms with E-state index in [1.165, 1.54) is 24.3 Å². The van der Waals surface area contributed by atoms with E-state index in [1.54, 1.807) is 0 Å². The van der Waals surface area contributed by atoms with Crippen molar-refractivity contribution in [3.63, 3.8) is 0 Å². The number of benzene rings is 2. The van der Waals surface area contributed by atoms with Crippen molar-refractivity contribution in [3.05, 3.63) is 150 Å². The average Bonchev–Trinajstić information content (AvgIpc) is 3.80. The van der Waals surface area contributed by atoms with Crippen LogP contribution in [-0.4, -0.2) is 9.13 Å². The third-order valence-corrected chi connectivity index (χ3v) is 17.0. The van der Waals surface area contributed by atoms with Gasteiger partial charge in [0.2, 0.25) is 0 Å². The maximum absolute atomic E-state index is 17.1. The first-order valence-electron chi connectivity index (χ1n) is 14.6. The molecule has 0 saturated carbocycles. The zero-order chi connectivity index (χ0) is 30.5. The molecule has 2 nitrogen and oxygen atoms in total. The van der Waals surface area contributed by atoms with Crippen molar-refractivity contribution in [2.24, 2.45) is 0 Å². The number of aryl methyl sites for hydroxylation is 4. The van der Waals surface area contributed by atoms with Crippen LogP contribution < -0.4 is 7.74 Å². The first-order valence-corrected chi connectivity index (χ1v) is 17.7. The molecule has 6 rings (SSSR count). The molecule has 7 heteroatoms. The summed E-state index contributed by atoms with van der Waals surface area (Å²) in [5, 5.41) is 0. The quantitative estimate of drug-likeness (QED) is 0.140. The van der Waals surface area contributed by atoms with Crippen molar-refractivity contribution >= 4 is 7.74 Å². The van der Waals surface area contributed by atoms with Crippen molar-refractivity contribution in [2.45, 2.75) is 53.6 Å². The fourth-order valence-corrected chi connectivity index (χ4v) is 15.1. The predicted molar refractivity (Wildman–Crippen MR) is 162 cm³/mol. The van der Waals surface area contributed by atoms with E-state index in [1.807, 2.05) is 97.6 Å². The normalized spacial score (nSPS) is 14.6. The molecule has 0 fully saturated rings. The number of hydrogen-bond acceptors (Lipinski definition) is 0. The molecular formula is C36H34F4N2Ti. The van der Waals surface area contributed by atoms with E-state index in [-0.39, 0.29) is 20.8 Å². The van der Waals surface area contributed by atoms with Crippen LogP contribution in [0.2, 0.25) is 0 Å². The first kappa shape index (κ1) is 29.5. The van der Waals surface area contributed by atoms with E-state index < -0.39 is 39.9 Å². The van der Waals surface area contributed by atoms with Gasteiger partial charge in [0.1, 0.15) is 0 Å². The van der Waals surface area contributed by atoms with Crippen LogP contribution in [0.25, 0.3) is 0 Å². The van der Waals surface area contributed by atoms with Crippen LogP contribution in [0, 0.1) is 51.0 Å². The molecule has 4 aromatic rings. The van der Waals surface area contributed by atoms with Crippen LogP contribution >= 0.6 is 0 Å². The van der Waals surface area contributed by atoms with Crippen LogP contribution in [0.5, 0.6) is 0 Å². The first-order chi connectivity index (χ1) is 20.6. The molecule has 0 amide bonds. The van der Waals surface area contributed by atoms with Crippen LogP contribution in [0.1, 0.15) is 46.7 Å². The van der Waals surface area contributed by atoms with Gasteiger partial charge in [0.15, 0.2) is 0 Å². The Morgan fingerprint density at radius 2 is 0.930 bits per heavy atom. The molecule has 0 saturated heterocycles. The Kier molecular flexibility index (Phi) is 7.86. The molecular weight excluding hydrogens is 584 g/mol. The van der Waals surface area contributed by atoms with Gasteiger partial charge in [-0.1, -0.05) is 0 Å². The van der Waals surface area contributed by atoms with E-state index in [0.717, 1.165) is 22.8 Å². The maximum atomic E-state index is 17.1. The molecule has 2 heterocycles. The fourth-order valence-electron chi connectivity index (χ4n) is 6.79. The van der Waals surface area contributed by atoms with Gasteiger partial charge in [0.25, 0.3) is 0 Å². The van der Waals surface area contributed by atoms with Gasteiger partial charge in [0.05, 0.1) is 0 Å². The molecule has 2 aromatic carbocycles. The summed E-state index contributed by atoms with van der Waals surface area (Å²) in [6.45, 7) is 8.12. The third-order valence-electron chi connectivity index (χ3n) is 9.09. The summed E-state index contributed by atoms with van der Waals surface area (Å²) in [5.41, 5.74) is 4.37. The van der Waals surface area contributed by atoms with Crippen molar-refractivity contribution in [3.8, 4) is 0 Å². The number of rotatable bonds is 8. The third kappa shape index (κ3) is 4.85. The van der Waals surface area contributed by atoms with Gasteiger partial charge in [0, 0.05) is 0 Å². The van der Waals surface area contributed by atoms with Crippen LogP contribution in [0.15, 0.2) is 92.7 Å². The summed E-state index contributed by atoms with van der Waals surface area (Å²) < 4.78 is 72.0. The molecule has 220 valence electrons. The van der Waals surface area contributed by atoms with Gasteiger partial charge in [-0.25, -0.2) is 0 Å². The number of allylic oxidation sites excluding steroid dienone is 8. The number of nitrogens with zero attached hydrogens (tertiary/aromatic N) is 2. The topological polar surface area (TPSA) is 9.86 Å². The Bertz CT molecular complexity index is 1690. The van der Waals surface area contributed by atoms with E-state index in [0.29, 0.717) is 31.7 Å². The number of halogens is 4. The van der Waals surface area contributed by atoms with E-state index >= 15 is 17.6 Å². The summed E-state index contributed by atoms with van der Waals surface area (Å²) in [5.74, 6) is -2.95. The van der Waals surface area contributed by atoms with Crippen molar-refractivity contribution < 1.29 is 34.2 Å². The zero-order valence-corrected chi connectivity index (χ0v) is 26.4. The Hall–Kier alpha value is -3.61. The number of aromatic nitrogens is 2. The fraction of sp³-hybridized carbons (Fsp3) is 0.222. The Morgan fingerprint density at radius 3 is 1.26 bits per heavy atom. The van der Waals surface area contributed by atoms with Gasteiger partial charge < -0.3 is 0 Å². The molecule has 2 aromatic heterocycles. The summed E-state index contributed by atoms with van der Waals surface area (Å²) in [6, 6.07) is 13.3. The predicted octanol–water partition coefficient (Wildman–Crippen LogP) is 7.97. The molecule has 2 aliphatic rings. The molecule has 0 atom stereocenters. The zero-order valence-electron chi connectivity index (χ0n) is 24.8. The monoisotopic (exact) mass is 618 g/mol. The molecule has 0 bridgehead atoms. The summed E-state index contributed by atoms with van der Waals surface area (Å²) >= 11 is -4.89. The molecule has 0 unspecified atom stereocenters. The van der Waals surface area contributed by atoms with E-state index in [9.17, 15) is 0 Å². The van der Waals surface area contributed by atoms with Gasteiger partial charge in [-0.2, -0.15) is 0 Å². The second kappa shape index (κ2) is 11.5. The molecule has 0 aliphatic heterocycles. The summed E-state index contributed by atoms with van der Waals surface area (Å²) in [6.07, 6.45) is 11.9. The Labute approximate surface area is 253 Å². The van der Waals surface area contributed by atoms with Gasteiger partial charge in [-0.05, 0) is 0 Å². The van der Waals surface area contributed by atoms with Crippen molar-refractivity contribution in [1.29, 1.82) is 0 Å². The minimum absolute atomic E-state index is 0.159. The molecule has 0 N–H and O–H groups in total. The van der Waals surface area contributed by atoms with Crippen molar-refractivity contribution in [2.75, 3.05) is 0 Å². The van der Waals surface area contributed by atoms with Crippen LogP contribution in [0.3, 0.4) is 0 Å². The van der Waals surface area contributed by atoms with Crippen LogP contribution in [-0.2, 0) is 29.7 Å². The summed E-state index contributed by atoms with van der Waals surface area (Å²) in [4.78, 5) is 0. The standard InChI is InChI=1S/2C13H12F2N.2C5H5.Ti/c2*1-9-3-4-10(2)16(9)8-11-5-6-12(14)7-13(11)15;2*1-2-4-5-3-1;/h2*3-6H,8H2,1-2H3;2*1-3H,4H2;.